The topological polar surface area (TPSA) is 37.8 Å². The summed E-state index contributed by atoms with van der Waals surface area (Å²) >= 11 is 5.91. The van der Waals surface area contributed by atoms with E-state index in [1.54, 1.807) is 0 Å². The molecule has 3 nitrogen and oxygen atoms in total. The molecule has 0 aliphatic heterocycles. The van der Waals surface area contributed by atoms with E-state index >= 15 is 0 Å². The predicted molar refractivity (Wildman–Crippen MR) is 96.0 cm³/mol. The molecule has 0 spiro atoms. The normalized spacial score (nSPS) is 10.6. The van der Waals surface area contributed by atoms with Gasteiger partial charge in [-0.3, -0.25) is 0 Å². The van der Waals surface area contributed by atoms with Gasteiger partial charge in [0.15, 0.2) is 5.82 Å². The van der Waals surface area contributed by atoms with Gasteiger partial charge in [0.1, 0.15) is 5.82 Å². The van der Waals surface area contributed by atoms with E-state index in [0.717, 1.165) is 50.3 Å². The fourth-order valence-corrected chi connectivity index (χ4v) is 3.11. The van der Waals surface area contributed by atoms with Crippen molar-refractivity contribution in [1.29, 1.82) is 0 Å². The Morgan fingerprint density at radius 2 is 1.95 bits per heavy atom. The van der Waals surface area contributed by atoms with Crippen molar-refractivity contribution in [2.75, 3.05) is 11.9 Å². The van der Waals surface area contributed by atoms with Gasteiger partial charge in [0.05, 0.1) is 9.26 Å². The Hall–Kier alpha value is -0.690. The first-order chi connectivity index (χ1) is 9.67. The summed E-state index contributed by atoms with van der Waals surface area (Å²) in [5.74, 6) is 1.70. The van der Waals surface area contributed by atoms with Crippen molar-refractivity contribution in [3.05, 3.63) is 38.0 Å². The van der Waals surface area contributed by atoms with E-state index in [4.69, 9.17) is 4.98 Å². The molecular formula is C15H17BrIN3. The smallest absolute Gasteiger partial charge is 0.162 e. The minimum absolute atomic E-state index is 0.775. The highest BCUT2D eigenvalue weighted by Crippen LogP contribution is 2.29. The summed E-state index contributed by atoms with van der Waals surface area (Å²) in [5, 5.41) is 3.33. The van der Waals surface area contributed by atoms with Gasteiger partial charge in [-0.05, 0) is 42.0 Å². The van der Waals surface area contributed by atoms with Crippen LogP contribution in [-0.2, 0) is 6.42 Å². The second kappa shape index (κ2) is 7.36. The maximum Gasteiger partial charge on any atom is 0.162 e. The number of anilines is 1. The molecule has 5 heteroatoms. The number of halogens is 2. The van der Waals surface area contributed by atoms with Crippen LogP contribution in [0.4, 0.5) is 5.82 Å². The van der Waals surface area contributed by atoms with Gasteiger partial charge in [0, 0.05) is 16.6 Å². The van der Waals surface area contributed by atoms with E-state index in [1.165, 1.54) is 0 Å². The second-order valence-corrected chi connectivity index (χ2v) is 6.35. The predicted octanol–water partition coefficient (Wildman–Crippen LogP) is 4.90. The summed E-state index contributed by atoms with van der Waals surface area (Å²) in [5.41, 5.74) is 2.14. The van der Waals surface area contributed by atoms with Crippen molar-refractivity contribution in [1.82, 2.24) is 9.97 Å². The number of nitrogens with one attached hydrogen (secondary N) is 1. The van der Waals surface area contributed by atoms with Crippen LogP contribution in [0.25, 0.3) is 11.4 Å². The quantitative estimate of drug-likeness (QED) is 0.665. The first-order valence-corrected chi connectivity index (χ1v) is 8.59. The van der Waals surface area contributed by atoms with Crippen LogP contribution in [0.2, 0.25) is 0 Å². The van der Waals surface area contributed by atoms with Crippen LogP contribution in [0.3, 0.4) is 0 Å². The van der Waals surface area contributed by atoms with Crippen molar-refractivity contribution < 1.29 is 0 Å². The van der Waals surface area contributed by atoms with Gasteiger partial charge < -0.3 is 5.32 Å². The minimum atomic E-state index is 0.775. The third kappa shape index (κ3) is 3.49. The number of aromatic nitrogens is 2. The van der Waals surface area contributed by atoms with Gasteiger partial charge in [-0.1, -0.05) is 47.5 Å². The van der Waals surface area contributed by atoms with Crippen molar-refractivity contribution in [3.63, 3.8) is 0 Å². The second-order valence-electron chi connectivity index (χ2n) is 4.42. The highest BCUT2D eigenvalue weighted by Gasteiger charge is 2.13. The number of aryl methyl sites for hydroxylation is 1. The zero-order chi connectivity index (χ0) is 14.5. The molecule has 1 heterocycles. The van der Waals surface area contributed by atoms with Gasteiger partial charge in [-0.2, -0.15) is 0 Å². The third-order valence-corrected chi connectivity index (χ3v) is 4.69. The molecule has 2 rings (SSSR count). The monoisotopic (exact) mass is 445 g/mol. The number of benzene rings is 1. The van der Waals surface area contributed by atoms with Crippen LogP contribution < -0.4 is 5.32 Å². The van der Waals surface area contributed by atoms with Crippen molar-refractivity contribution >= 4 is 44.3 Å². The van der Waals surface area contributed by atoms with Gasteiger partial charge >= 0.3 is 0 Å². The lowest BCUT2D eigenvalue weighted by molar-refractivity contribution is 0.866. The highest BCUT2D eigenvalue weighted by molar-refractivity contribution is 14.1. The standard InChI is InChI=1S/C15H17BrIN3/c1-3-7-12-13(17)15(18-4-2)20-14(19-12)10-8-5-6-9-11(10)16/h5-6,8-9H,3-4,7H2,1-2H3,(H,18,19,20). The van der Waals surface area contributed by atoms with E-state index in [1.807, 2.05) is 24.3 Å². The molecular weight excluding hydrogens is 429 g/mol. The maximum absolute atomic E-state index is 4.75. The lowest BCUT2D eigenvalue weighted by Gasteiger charge is -2.12. The molecule has 0 aliphatic carbocycles. The van der Waals surface area contributed by atoms with Gasteiger partial charge in [-0.15, -0.1) is 0 Å². The van der Waals surface area contributed by atoms with Crippen LogP contribution >= 0.6 is 38.5 Å². The van der Waals surface area contributed by atoms with Crippen molar-refractivity contribution in [3.8, 4) is 11.4 Å². The van der Waals surface area contributed by atoms with Crippen molar-refractivity contribution in [2.24, 2.45) is 0 Å². The summed E-state index contributed by atoms with van der Waals surface area (Å²) < 4.78 is 2.15. The van der Waals surface area contributed by atoms with E-state index in [2.05, 4.69) is 62.7 Å². The lowest BCUT2D eigenvalue weighted by atomic mass is 10.2. The zero-order valence-corrected chi connectivity index (χ0v) is 15.3. The average Bonchev–Trinajstić information content (AvgIpc) is 2.44. The van der Waals surface area contributed by atoms with Gasteiger partial charge in [-0.25, -0.2) is 9.97 Å². The molecule has 0 aliphatic rings. The fourth-order valence-electron chi connectivity index (χ4n) is 1.94. The minimum Gasteiger partial charge on any atom is -0.369 e. The molecule has 1 aromatic heterocycles. The van der Waals surface area contributed by atoms with Gasteiger partial charge in [0.25, 0.3) is 0 Å². The van der Waals surface area contributed by atoms with E-state index in [0.29, 0.717) is 0 Å². The molecule has 0 bridgehead atoms. The summed E-state index contributed by atoms with van der Waals surface area (Å²) in [7, 11) is 0. The Bertz CT molecular complexity index is 574. The van der Waals surface area contributed by atoms with E-state index in [9.17, 15) is 0 Å². The third-order valence-electron chi connectivity index (χ3n) is 2.87. The molecule has 20 heavy (non-hydrogen) atoms. The Balaban J connectivity index is 2.56. The molecule has 2 aromatic rings. The average molecular weight is 446 g/mol. The number of rotatable bonds is 5. The SMILES string of the molecule is CCCc1nc(-c2ccccc2Br)nc(NCC)c1I. The molecule has 0 fully saturated rings. The molecule has 1 N–H and O–H groups in total. The lowest BCUT2D eigenvalue weighted by Crippen LogP contribution is -2.08. The summed E-state index contributed by atoms with van der Waals surface area (Å²) in [6, 6.07) is 8.06. The number of nitrogens with zero attached hydrogens (tertiary/aromatic N) is 2. The Morgan fingerprint density at radius 1 is 1.20 bits per heavy atom. The molecule has 0 saturated heterocycles. The van der Waals surface area contributed by atoms with Gasteiger partial charge in [0.2, 0.25) is 0 Å². The first-order valence-electron chi connectivity index (χ1n) is 6.72. The molecule has 0 atom stereocenters. The molecule has 0 radical (unpaired) electrons. The van der Waals surface area contributed by atoms with E-state index < -0.39 is 0 Å². The van der Waals surface area contributed by atoms with Crippen LogP contribution in [-0.4, -0.2) is 16.5 Å². The van der Waals surface area contributed by atoms with E-state index in [-0.39, 0.29) is 0 Å². The summed E-state index contributed by atoms with van der Waals surface area (Å²) in [4.78, 5) is 9.42. The Labute approximate surface area is 141 Å². The fraction of sp³-hybridized carbons (Fsp3) is 0.333. The summed E-state index contributed by atoms with van der Waals surface area (Å²) in [6.45, 7) is 5.10. The van der Waals surface area contributed by atoms with Crippen LogP contribution in [0.15, 0.2) is 28.7 Å². The molecule has 0 unspecified atom stereocenters. The molecule has 0 saturated carbocycles. The highest BCUT2D eigenvalue weighted by atomic mass is 127. The molecule has 1 aromatic carbocycles. The Kier molecular flexibility index (Phi) is 5.77. The largest absolute Gasteiger partial charge is 0.369 e. The first kappa shape index (κ1) is 15.7. The van der Waals surface area contributed by atoms with Crippen LogP contribution in [0.5, 0.6) is 0 Å². The maximum atomic E-state index is 4.75. The number of hydrogen-bond acceptors (Lipinski definition) is 3. The zero-order valence-electron chi connectivity index (χ0n) is 11.6. The number of hydrogen-bond donors (Lipinski definition) is 1. The Morgan fingerprint density at radius 3 is 2.60 bits per heavy atom. The van der Waals surface area contributed by atoms with Crippen molar-refractivity contribution in [2.45, 2.75) is 26.7 Å². The van der Waals surface area contributed by atoms with Crippen LogP contribution in [0, 0.1) is 3.57 Å². The molecule has 0 amide bonds. The molecule has 106 valence electrons. The summed E-state index contributed by atoms with van der Waals surface area (Å²) in [6.07, 6.45) is 2.05. The van der Waals surface area contributed by atoms with Crippen LogP contribution in [0.1, 0.15) is 26.0 Å².